The summed E-state index contributed by atoms with van der Waals surface area (Å²) in [6.07, 6.45) is 1.12. The zero-order chi connectivity index (χ0) is 20.9. The summed E-state index contributed by atoms with van der Waals surface area (Å²) in [5, 5.41) is 10.6. The van der Waals surface area contributed by atoms with Crippen LogP contribution < -0.4 is 10.3 Å². The number of hydrazine groups is 1. The van der Waals surface area contributed by atoms with Crippen molar-refractivity contribution < 1.29 is 21.8 Å². The second kappa shape index (κ2) is 8.60. The summed E-state index contributed by atoms with van der Waals surface area (Å²) in [7, 11) is -7.68. The third-order valence-electron chi connectivity index (χ3n) is 3.75. The monoisotopic (exact) mass is 429 g/mol. The van der Waals surface area contributed by atoms with Gasteiger partial charge in [-0.2, -0.15) is 4.31 Å². The van der Waals surface area contributed by atoms with Crippen LogP contribution in [0.25, 0.3) is 0 Å². The van der Waals surface area contributed by atoms with Gasteiger partial charge in [0.1, 0.15) is 10.7 Å². The van der Waals surface area contributed by atoms with E-state index in [1.54, 1.807) is 13.8 Å². The highest BCUT2D eigenvalue weighted by atomic mass is 32.2. The normalized spacial score (nSPS) is 12.1. The number of non-ortho nitro benzene ring substituents is 1. The molecule has 28 heavy (non-hydrogen) atoms. The van der Waals surface area contributed by atoms with Gasteiger partial charge in [0.05, 0.1) is 9.82 Å². The molecular weight excluding hydrogens is 410 g/mol. The van der Waals surface area contributed by atoms with Gasteiger partial charge in [-0.25, -0.2) is 21.8 Å². The Kier molecular flexibility index (Phi) is 6.66. The predicted octanol–water partition coefficient (Wildman–Crippen LogP) is 1.33. The molecule has 2 N–H and O–H groups in total. The molecule has 1 aromatic carbocycles. The lowest BCUT2D eigenvalue weighted by molar-refractivity contribution is -0.384. The zero-order valence-electron chi connectivity index (χ0n) is 15.1. The van der Waals surface area contributed by atoms with Crippen molar-refractivity contribution in [3.8, 4) is 0 Å². The first-order valence-electron chi connectivity index (χ1n) is 8.10. The molecule has 0 aliphatic carbocycles. The summed E-state index contributed by atoms with van der Waals surface area (Å²) >= 11 is 0. The van der Waals surface area contributed by atoms with Crippen LogP contribution in [0.5, 0.6) is 0 Å². The van der Waals surface area contributed by atoms with Gasteiger partial charge in [0.15, 0.2) is 0 Å². The largest absolute Gasteiger partial charge is 0.292 e. The average molecular weight is 429 g/mol. The first-order valence-corrected chi connectivity index (χ1v) is 11.0. The van der Waals surface area contributed by atoms with Crippen LogP contribution in [0.15, 0.2) is 52.4 Å². The first-order chi connectivity index (χ1) is 13.1. The first kappa shape index (κ1) is 21.7. The average Bonchev–Trinajstić information content (AvgIpc) is 2.67. The Labute approximate surface area is 162 Å². The maximum atomic E-state index is 12.4. The number of nitrogens with one attached hydrogen (secondary N) is 2. The van der Waals surface area contributed by atoms with Crippen LogP contribution in [0.1, 0.15) is 13.8 Å². The number of aromatic nitrogens is 1. The third kappa shape index (κ3) is 4.81. The highest BCUT2D eigenvalue weighted by Gasteiger charge is 2.22. The van der Waals surface area contributed by atoms with Crippen molar-refractivity contribution >= 4 is 31.6 Å². The Morgan fingerprint density at radius 3 is 2.04 bits per heavy atom. The molecule has 13 heteroatoms. The van der Waals surface area contributed by atoms with Gasteiger partial charge < -0.3 is 0 Å². The van der Waals surface area contributed by atoms with Crippen LogP contribution in [0.2, 0.25) is 0 Å². The molecule has 0 unspecified atom stereocenters. The van der Waals surface area contributed by atoms with E-state index < -0.39 is 25.0 Å². The summed E-state index contributed by atoms with van der Waals surface area (Å²) in [4.78, 5) is 15.8. The minimum atomic E-state index is -4.01. The number of pyridine rings is 1. The number of sulfonamides is 2. The van der Waals surface area contributed by atoms with E-state index in [1.807, 2.05) is 0 Å². The van der Waals surface area contributed by atoms with Crippen LogP contribution in [0.4, 0.5) is 11.5 Å². The quantitative estimate of drug-likeness (QED) is 0.447. The van der Waals surface area contributed by atoms with Gasteiger partial charge in [-0.05, 0) is 24.3 Å². The Bertz CT molecular complexity index is 1030. The van der Waals surface area contributed by atoms with Gasteiger partial charge >= 0.3 is 0 Å². The van der Waals surface area contributed by atoms with Crippen molar-refractivity contribution in [1.82, 2.24) is 14.1 Å². The summed E-state index contributed by atoms with van der Waals surface area (Å²) in [5.74, 6) is 0.0731. The number of nitrogens with zero attached hydrogens (tertiary/aromatic N) is 3. The van der Waals surface area contributed by atoms with Crippen molar-refractivity contribution in [2.24, 2.45) is 0 Å². The van der Waals surface area contributed by atoms with E-state index in [9.17, 15) is 26.9 Å². The molecule has 0 aliphatic rings. The van der Waals surface area contributed by atoms with Gasteiger partial charge in [-0.1, -0.05) is 13.8 Å². The fourth-order valence-corrected chi connectivity index (χ4v) is 4.50. The van der Waals surface area contributed by atoms with E-state index in [1.165, 1.54) is 16.4 Å². The van der Waals surface area contributed by atoms with E-state index in [2.05, 4.69) is 15.2 Å². The molecule has 152 valence electrons. The number of rotatable bonds is 9. The van der Waals surface area contributed by atoms with Gasteiger partial charge in [0, 0.05) is 31.4 Å². The van der Waals surface area contributed by atoms with Gasteiger partial charge in [-0.3, -0.25) is 15.5 Å². The molecule has 0 saturated carbocycles. The number of benzene rings is 1. The topological polar surface area (TPSA) is 152 Å². The third-order valence-corrected chi connectivity index (χ3v) is 7.05. The van der Waals surface area contributed by atoms with E-state index in [-0.39, 0.29) is 21.3 Å². The number of nitro benzene ring substituents is 1. The van der Waals surface area contributed by atoms with Crippen LogP contribution >= 0.6 is 0 Å². The molecule has 0 atom stereocenters. The lowest BCUT2D eigenvalue weighted by Crippen LogP contribution is -2.31. The van der Waals surface area contributed by atoms with Gasteiger partial charge in [0.25, 0.3) is 15.7 Å². The van der Waals surface area contributed by atoms with Crippen LogP contribution in [-0.2, 0) is 20.0 Å². The Hall–Kier alpha value is -2.61. The number of hydrogen-bond acceptors (Lipinski definition) is 8. The van der Waals surface area contributed by atoms with Gasteiger partial charge in [-0.15, -0.1) is 4.83 Å². The zero-order valence-corrected chi connectivity index (χ0v) is 16.7. The number of anilines is 1. The fourth-order valence-electron chi connectivity index (χ4n) is 2.24. The highest BCUT2D eigenvalue weighted by Crippen LogP contribution is 2.17. The van der Waals surface area contributed by atoms with Crippen LogP contribution in [0, 0.1) is 10.1 Å². The Morgan fingerprint density at radius 1 is 1.00 bits per heavy atom. The van der Waals surface area contributed by atoms with Crippen molar-refractivity contribution in [3.05, 3.63) is 52.7 Å². The van der Waals surface area contributed by atoms with E-state index >= 15 is 0 Å². The second-order valence-electron chi connectivity index (χ2n) is 5.45. The van der Waals surface area contributed by atoms with E-state index in [0.717, 1.165) is 30.5 Å². The van der Waals surface area contributed by atoms with Crippen molar-refractivity contribution in [3.63, 3.8) is 0 Å². The summed E-state index contributed by atoms with van der Waals surface area (Å²) < 4.78 is 50.5. The van der Waals surface area contributed by atoms with Crippen LogP contribution in [-0.4, -0.2) is 44.1 Å². The molecule has 2 aromatic rings. The maximum absolute atomic E-state index is 12.4. The van der Waals surface area contributed by atoms with Crippen LogP contribution in [0.3, 0.4) is 0 Å². The van der Waals surface area contributed by atoms with Crippen molar-refractivity contribution in [1.29, 1.82) is 0 Å². The number of nitro groups is 1. The minimum Gasteiger partial charge on any atom is -0.292 e. The molecule has 2 rings (SSSR count). The highest BCUT2D eigenvalue weighted by molar-refractivity contribution is 7.89. The molecule has 0 radical (unpaired) electrons. The molecular formula is C15H19N5O6S2. The molecule has 0 spiro atoms. The van der Waals surface area contributed by atoms with Crippen molar-refractivity contribution in [2.45, 2.75) is 23.6 Å². The molecule has 0 saturated heterocycles. The fraction of sp³-hybridized carbons (Fsp3) is 0.267. The summed E-state index contributed by atoms with van der Waals surface area (Å²) in [6, 6.07) is 6.95. The minimum absolute atomic E-state index is 0.0139. The predicted molar refractivity (Wildman–Crippen MR) is 101 cm³/mol. The lowest BCUT2D eigenvalue weighted by atomic mass is 10.3. The second-order valence-corrected chi connectivity index (χ2v) is 9.07. The molecule has 0 aliphatic heterocycles. The molecule has 0 fully saturated rings. The molecule has 11 nitrogen and oxygen atoms in total. The molecule has 0 bridgehead atoms. The maximum Gasteiger partial charge on any atom is 0.269 e. The smallest absolute Gasteiger partial charge is 0.269 e. The Morgan fingerprint density at radius 2 is 1.57 bits per heavy atom. The lowest BCUT2D eigenvalue weighted by Gasteiger charge is -2.18. The van der Waals surface area contributed by atoms with E-state index in [4.69, 9.17) is 0 Å². The van der Waals surface area contributed by atoms with Crippen molar-refractivity contribution in [2.75, 3.05) is 18.5 Å². The molecule has 0 amide bonds. The summed E-state index contributed by atoms with van der Waals surface area (Å²) in [5.41, 5.74) is 2.13. The van der Waals surface area contributed by atoms with Gasteiger partial charge in [0.2, 0.25) is 10.0 Å². The SMILES string of the molecule is CCN(CC)S(=O)(=O)c1ccc(NNS(=O)(=O)c2ccc([N+](=O)[O-])cc2)nc1. The standard InChI is InChI=1S/C15H19N5O6S2/c1-3-19(4-2)28(25,26)14-9-10-15(16-11-14)17-18-27(23,24)13-7-5-12(6-8-13)20(21)22/h5-11,18H,3-4H2,1-2H3,(H,16,17). The van der Waals surface area contributed by atoms with E-state index in [0.29, 0.717) is 13.1 Å². The molecule has 1 aromatic heterocycles. The molecule has 1 heterocycles. The number of hydrogen-bond donors (Lipinski definition) is 2. The Balaban J connectivity index is 2.11. The summed E-state index contributed by atoms with van der Waals surface area (Å²) in [6.45, 7) is 4.07.